The molecule has 0 N–H and O–H groups in total. The zero-order chi connectivity index (χ0) is 11.5. The summed E-state index contributed by atoms with van der Waals surface area (Å²) in [4.78, 5) is 16.3. The van der Waals surface area contributed by atoms with Crippen molar-refractivity contribution in [1.82, 2.24) is 9.55 Å². The second-order valence-electron chi connectivity index (χ2n) is 3.45. The normalized spacial score (nSPS) is 10.9. The maximum Gasteiger partial charge on any atom is 0.261 e. The van der Waals surface area contributed by atoms with E-state index in [2.05, 4.69) is 36.8 Å². The van der Waals surface area contributed by atoms with Crippen LogP contribution in [-0.2, 0) is 6.54 Å². The molecule has 0 spiro atoms. The van der Waals surface area contributed by atoms with Gasteiger partial charge in [-0.2, -0.15) is 0 Å². The first kappa shape index (κ1) is 11.8. The molecular weight excluding hydrogens is 336 g/mol. The Kier molecular flexibility index (Phi) is 3.76. The zero-order valence-corrected chi connectivity index (χ0v) is 11.7. The number of fused-ring (bicyclic) bond motifs is 1. The van der Waals surface area contributed by atoms with Gasteiger partial charge in [-0.05, 0) is 24.6 Å². The van der Waals surface area contributed by atoms with E-state index in [1.165, 1.54) is 0 Å². The highest BCUT2D eigenvalue weighted by Gasteiger charge is 2.03. The van der Waals surface area contributed by atoms with Gasteiger partial charge in [-0.3, -0.25) is 9.36 Å². The molecule has 16 heavy (non-hydrogen) atoms. The number of rotatable bonds is 3. The van der Waals surface area contributed by atoms with Gasteiger partial charge in [0.15, 0.2) is 0 Å². The maximum atomic E-state index is 12.1. The molecule has 3 nitrogen and oxygen atoms in total. The average Bonchev–Trinajstić information content (AvgIpc) is 2.29. The predicted octanol–water partition coefficient (Wildman–Crippen LogP) is 2.94. The number of hydrogen-bond acceptors (Lipinski definition) is 2. The standard InChI is InChI=1S/C11H10Br2N2O/c12-4-1-5-15-7-14-10-3-2-8(13)6-9(10)11(15)16/h2-3,6-7H,1,4-5H2. The Morgan fingerprint density at radius 1 is 1.38 bits per heavy atom. The van der Waals surface area contributed by atoms with Gasteiger partial charge in [0, 0.05) is 16.3 Å². The number of hydrogen-bond donors (Lipinski definition) is 0. The van der Waals surface area contributed by atoms with E-state index in [9.17, 15) is 4.79 Å². The molecule has 0 aliphatic rings. The SMILES string of the molecule is O=c1c2cc(Br)ccc2ncn1CCCBr. The fraction of sp³-hybridized carbons (Fsp3) is 0.273. The van der Waals surface area contributed by atoms with Crippen molar-refractivity contribution >= 4 is 42.8 Å². The Labute approximate surface area is 110 Å². The van der Waals surface area contributed by atoms with E-state index in [0.29, 0.717) is 11.9 Å². The van der Waals surface area contributed by atoms with Crippen LogP contribution in [0.3, 0.4) is 0 Å². The predicted molar refractivity (Wildman–Crippen MR) is 72.1 cm³/mol. The van der Waals surface area contributed by atoms with Crippen LogP contribution in [0.2, 0.25) is 0 Å². The second-order valence-corrected chi connectivity index (χ2v) is 5.16. The second kappa shape index (κ2) is 5.10. The van der Waals surface area contributed by atoms with Gasteiger partial charge in [0.1, 0.15) is 0 Å². The number of nitrogens with zero attached hydrogens (tertiary/aromatic N) is 2. The molecular formula is C11H10Br2N2O. The molecule has 1 aromatic carbocycles. The molecule has 0 bridgehead atoms. The Bertz CT molecular complexity index is 565. The molecule has 0 saturated carbocycles. The zero-order valence-electron chi connectivity index (χ0n) is 8.49. The lowest BCUT2D eigenvalue weighted by Gasteiger charge is -2.05. The molecule has 84 valence electrons. The van der Waals surface area contributed by atoms with Crippen molar-refractivity contribution in [3.63, 3.8) is 0 Å². The van der Waals surface area contributed by atoms with Crippen molar-refractivity contribution in [3.05, 3.63) is 39.4 Å². The molecule has 0 aliphatic heterocycles. The van der Waals surface area contributed by atoms with Crippen molar-refractivity contribution in [2.45, 2.75) is 13.0 Å². The molecule has 0 radical (unpaired) electrons. The van der Waals surface area contributed by atoms with E-state index in [1.807, 2.05) is 18.2 Å². The topological polar surface area (TPSA) is 34.9 Å². The first-order valence-corrected chi connectivity index (χ1v) is 6.84. The Morgan fingerprint density at radius 2 is 2.19 bits per heavy atom. The summed E-state index contributed by atoms with van der Waals surface area (Å²) in [5, 5.41) is 1.54. The summed E-state index contributed by atoms with van der Waals surface area (Å²) >= 11 is 6.71. The van der Waals surface area contributed by atoms with Gasteiger partial charge >= 0.3 is 0 Å². The van der Waals surface area contributed by atoms with Gasteiger partial charge in [0.25, 0.3) is 5.56 Å². The highest BCUT2D eigenvalue weighted by atomic mass is 79.9. The van der Waals surface area contributed by atoms with Gasteiger partial charge in [-0.25, -0.2) is 4.98 Å². The van der Waals surface area contributed by atoms with Crippen molar-refractivity contribution in [2.75, 3.05) is 5.33 Å². The van der Waals surface area contributed by atoms with Crippen molar-refractivity contribution in [2.24, 2.45) is 0 Å². The molecule has 5 heteroatoms. The van der Waals surface area contributed by atoms with Crippen LogP contribution in [0.15, 0.2) is 33.8 Å². The Balaban J connectivity index is 2.55. The van der Waals surface area contributed by atoms with E-state index in [1.54, 1.807) is 10.9 Å². The summed E-state index contributed by atoms with van der Waals surface area (Å²) in [6.45, 7) is 0.694. The van der Waals surface area contributed by atoms with E-state index < -0.39 is 0 Å². The Morgan fingerprint density at radius 3 is 2.94 bits per heavy atom. The summed E-state index contributed by atoms with van der Waals surface area (Å²) in [5.41, 5.74) is 0.760. The van der Waals surface area contributed by atoms with Crippen LogP contribution in [0.25, 0.3) is 10.9 Å². The number of halogens is 2. The molecule has 0 aliphatic carbocycles. The molecule has 0 fully saturated rings. The van der Waals surface area contributed by atoms with Crippen LogP contribution < -0.4 is 5.56 Å². The van der Waals surface area contributed by atoms with Crippen molar-refractivity contribution < 1.29 is 0 Å². The minimum absolute atomic E-state index is 0.0206. The van der Waals surface area contributed by atoms with Gasteiger partial charge in [-0.1, -0.05) is 31.9 Å². The first-order chi connectivity index (χ1) is 7.72. The Hall–Kier alpha value is -0.680. The van der Waals surface area contributed by atoms with Crippen LogP contribution >= 0.6 is 31.9 Å². The minimum Gasteiger partial charge on any atom is -0.299 e. The third kappa shape index (κ3) is 2.35. The lowest BCUT2D eigenvalue weighted by Crippen LogP contribution is -2.20. The molecule has 1 heterocycles. The summed E-state index contributed by atoms with van der Waals surface area (Å²) in [6.07, 6.45) is 2.53. The molecule has 0 unspecified atom stereocenters. The van der Waals surface area contributed by atoms with Crippen molar-refractivity contribution in [3.8, 4) is 0 Å². The quantitative estimate of drug-likeness (QED) is 0.801. The highest BCUT2D eigenvalue weighted by molar-refractivity contribution is 9.10. The third-order valence-corrected chi connectivity index (χ3v) is 3.37. The van der Waals surface area contributed by atoms with Gasteiger partial charge in [-0.15, -0.1) is 0 Å². The van der Waals surface area contributed by atoms with Crippen LogP contribution in [0.1, 0.15) is 6.42 Å². The largest absolute Gasteiger partial charge is 0.299 e. The fourth-order valence-corrected chi connectivity index (χ4v) is 2.13. The average molecular weight is 346 g/mol. The monoisotopic (exact) mass is 344 g/mol. The van der Waals surface area contributed by atoms with Gasteiger partial charge in [0.05, 0.1) is 17.2 Å². The number of benzene rings is 1. The van der Waals surface area contributed by atoms with Crippen LogP contribution in [0.5, 0.6) is 0 Å². The fourth-order valence-electron chi connectivity index (χ4n) is 1.52. The third-order valence-electron chi connectivity index (χ3n) is 2.32. The lowest BCUT2D eigenvalue weighted by atomic mass is 10.2. The molecule has 0 atom stereocenters. The van der Waals surface area contributed by atoms with Gasteiger partial charge in [0.2, 0.25) is 0 Å². The lowest BCUT2D eigenvalue weighted by molar-refractivity contribution is 0.654. The van der Waals surface area contributed by atoms with E-state index in [-0.39, 0.29) is 5.56 Å². The van der Waals surface area contributed by atoms with Crippen LogP contribution in [0.4, 0.5) is 0 Å². The maximum absolute atomic E-state index is 12.1. The summed E-state index contributed by atoms with van der Waals surface area (Å²) in [5.74, 6) is 0. The molecule has 1 aromatic heterocycles. The van der Waals surface area contributed by atoms with Crippen LogP contribution in [0, 0.1) is 0 Å². The molecule has 2 aromatic rings. The smallest absolute Gasteiger partial charge is 0.261 e. The first-order valence-electron chi connectivity index (χ1n) is 4.93. The molecule has 0 saturated heterocycles. The van der Waals surface area contributed by atoms with Crippen LogP contribution in [-0.4, -0.2) is 14.9 Å². The minimum atomic E-state index is 0.0206. The summed E-state index contributed by atoms with van der Waals surface area (Å²) in [7, 11) is 0. The summed E-state index contributed by atoms with van der Waals surface area (Å²) in [6, 6.07) is 5.54. The number of aryl methyl sites for hydroxylation is 1. The number of aromatic nitrogens is 2. The van der Waals surface area contributed by atoms with Gasteiger partial charge < -0.3 is 0 Å². The number of alkyl halides is 1. The molecule has 2 rings (SSSR count). The summed E-state index contributed by atoms with van der Waals surface area (Å²) < 4.78 is 2.55. The van der Waals surface area contributed by atoms with E-state index >= 15 is 0 Å². The van der Waals surface area contributed by atoms with E-state index in [0.717, 1.165) is 21.7 Å². The highest BCUT2D eigenvalue weighted by Crippen LogP contribution is 2.14. The molecule has 0 amide bonds. The van der Waals surface area contributed by atoms with Crippen molar-refractivity contribution in [1.29, 1.82) is 0 Å². The van der Waals surface area contributed by atoms with E-state index in [4.69, 9.17) is 0 Å².